The van der Waals surface area contributed by atoms with Gasteiger partial charge >= 0.3 is 6.36 Å². The SMILES string of the molecule is COc1ccncc1-c1cc2c3c(c1)CCN3C(=S)CC2.COc1ccncc1-c1cc2c3c(c1)CCN3C(=S)CC2.Cc1c(-c2cccnc2)cc2c3c1CCC(=S)N3CC2.Cc1c(-c2cccnc2)cc2c3c1CCN3C(=S)CC2.FC(F)(F)Oc1cncc(-c2cc3c4c(c2)CCN4C(=S)CC3)c1.Fc1c(-c2cccnc2)cc2c3c1CCC(=S)N3CC2. The molecule has 0 fully saturated rings. The van der Waals surface area contributed by atoms with Crippen molar-refractivity contribution in [2.45, 2.75) is 136 Å². The van der Waals surface area contributed by atoms with Gasteiger partial charge in [-0.05, 0) is 282 Å². The van der Waals surface area contributed by atoms with Gasteiger partial charge in [-0.3, -0.25) is 29.9 Å². The van der Waals surface area contributed by atoms with E-state index in [4.69, 9.17) is 82.8 Å². The molecular weight excluding hydrogens is 1700 g/mol. The summed E-state index contributed by atoms with van der Waals surface area (Å²) in [5, 5.41) is 0. The van der Waals surface area contributed by atoms with Gasteiger partial charge in [0.15, 0.2) is 0 Å². The van der Waals surface area contributed by atoms with E-state index in [0.717, 1.165) is 230 Å². The summed E-state index contributed by atoms with van der Waals surface area (Å²) in [6.07, 6.45) is 33.8. The molecule has 0 aliphatic carbocycles. The van der Waals surface area contributed by atoms with Gasteiger partial charge in [0.25, 0.3) is 0 Å². The highest BCUT2D eigenvalue weighted by Gasteiger charge is 2.39. The number of halogens is 4. The molecule has 0 bridgehead atoms. The standard InChI is InChI=1S/C17H13F3N2OS.2C17H16N2OS.2C17H16N2S.C16H13FN2S/c18-17(19,20)23-14-7-13(8-21-9-14)12-5-10-1-2-15(24)22-4-3-11(6-12)16(10)22;2*1-20-15-4-6-18-10-14(15)13-8-11-2-3-16(21)19-7-5-12(9-13)17(11)19;1-11-14-4-5-16(20)19-8-6-12(17(14)19)9-15(11)13-3-2-7-18-10-13;1-11-14-6-8-19-16(20)5-4-12(17(14)19)9-15(11)13-3-2-7-18-10-13;17-15-12-3-4-14(20)19-7-5-10(16(12)19)8-13(15)11-2-1-6-18-9-11/h5-9H,1-4H2;2*4,6,8-10H,2-3,5,7H2,1H3;2*2-3,7,9-10H,4-6,8H2,1H3;1-2,6,8-9H,3-5,7H2. The van der Waals surface area contributed by atoms with Crippen molar-refractivity contribution >= 4 is 137 Å². The molecule has 0 spiro atoms. The highest BCUT2D eigenvalue weighted by atomic mass is 32.1. The Morgan fingerprint density at radius 2 is 0.611 bits per heavy atom. The van der Waals surface area contributed by atoms with Crippen molar-refractivity contribution in [3.05, 3.63) is 267 Å². The first kappa shape index (κ1) is 84.2. The van der Waals surface area contributed by atoms with Gasteiger partial charge in [0.1, 0.15) is 23.1 Å². The molecule has 24 rings (SSSR count). The number of benzene rings is 6. The van der Waals surface area contributed by atoms with Crippen LogP contribution >= 0.6 is 73.3 Å². The highest BCUT2D eigenvalue weighted by Crippen LogP contribution is 2.50. The Hall–Kier alpha value is -11.3. The van der Waals surface area contributed by atoms with Crippen LogP contribution in [0.25, 0.3) is 66.8 Å². The van der Waals surface area contributed by atoms with Crippen LogP contribution in [0.2, 0.25) is 0 Å². The first-order valence-electron chi connectivity index (χ1n) is 43.1. The van der Waals surface area contributed by atoms with Crippen LogP contribution in [0.3, 0.4) is 0 Å². The molecule has 12 aromatic rings. The average molecular weight is 1790 g/mol. The molecule has 0 saturated carbocycles. The molecular formula is C101H90F4N12O3S6. The Balaban J connectivity index is 0.0000000988. The molecule has 0 atom stereocenters. The molecule has 0 N–H and O–H groups in total. The summed E-state index contributed by atoms with van der Waals surface area (Å²) in [5.41, 5.74) is 39.1. The van der Waals surface area contributed by atoms with Crippen LogP contribution in [0, 0.1) is 19.7 Å². The van der Waals surface area contributed by atoms with Crippen molar-refractivity contribution in [1.82, 2.24) is 29.9 Å². The average Bonchev–Trinajstić information content (AvgIpc) is 1.58. The van der Waals surface area contributed by atoms with Crippen molar-refractivity contribution < 1.29 is 31.8 Å². The zero-order chi connectivity index (χ0) is 86.8. The number of nitrogens with zero attached hydrogens (tertiary/aromatic N) is 12. The third kappa shape index (κ3) is 16.3. The van der Waals surface area contributed by atoms with Crippen LogP contribution in [0.1, 0.15) is 116 Å². The summed E-state index contributed by atoms with van der Waals surface area (Å²) in [7, 11) is 3.41. The third-order valence-electron chi connectivity index (χ3n) is 26.2. The van der Waals surface area contributed by atoms with Crippen LogP contribution < -0.4 is 43.6 Å². The predicted octanol–water partition coefficient (Wildman–Crippen LogP) is 22.0. The number of rotatable bonds is 9. The van der Waals surface area contributed by atoms with Gasteiger partial charge in [-0.1, -0.05) is 91.5 Å². The Kier molecular flexibility index (Phi) is 23.7. The van der Waals surface area contributed by atoms with E-state index in [1.54, 1.807) is 45.2 Å². The molecule has 6 aromatic heterocycles. The smallest absolute Gasteiger partial charge is 0.496 e. The number of thiocarbonyl (C=S) groups is 6. The van der Waals surface area contributed by atoms with E-state index < -0.39 is 6.36 Å². The lowest BCUT2D eigenvalue weighted by atomic mass is 9.89. The fraction of sp³-hybridized carbons (Fsp3) is 0.287. The minimum atomic E-state index is -4.72. The second kappa shape index (κ2) is 35.5. The number of pyridine rings is 6. The van der Waals surface area contributed by atoms with E-state index in [1.165, 1.54) is 140 Å². The summed E-state index contributed by atoms with van der Waals surface area (Å²) in [4.78, 5) is 44.9. The molecule has 12 aliphatic heterocycles. The quantitative estimate of drug-likeness (QED) is 0.100. The number of methoxy groups -OCH3 is 2. The molecule has 0 radical (unpaired) electrons. The summed E-state index contributed by atoms with van der Waals surface area (Å²) < 4.78 is 66.9. The van der Waals surface area contributed by atoms with Crippen molar-refractivity contribution in [2.24, 2.45) is 0 Å². The van der Waals surface area contributed by atoms with Gasteiger partial charge < -0.3 is 43.6 Å². The van der Waals surface area contributed by atoms with Gasteiger partial charge in [-0.2, -0.15) is 0 Å². The van der Waals surface area contributed by atoms with Crippen molar-refractivity contribution in [1.29, 1.82) is 0 Å². The van der Waals surface area contributed by atoms with Gasteiger partial charge in [0.2, 0.25) is 0 Å². The van der Waals surface area contributed by atoms with Crippen molar-refractivity contribution in [3.63, 3.8) is 0 Å². The Morgan fingerprint density at radius 1 is 0.294 bits per heavy atom. The minimum Gasteiger partial charge on any atom is -0.496 e. The molecule has 6 aromatic carbocycles. The Labute approximate surface area is 763 Å². The van der Waals surface area contributed by atoms with Crippen LogP contribution in [0.5, 0.6) is 17.2 Å². The van der Waals surface area contributed by atoms with Crippen LogP contribution in [0.4, 0.5) is 51.7 Å². The fourth-order valence-electron chi connectivity index (χ4n) is 20.4. The van der Waals surface area contributed by atoms with Gasteiger partial charge in [-0.15, -0.1) is 13.2 Å². The van der Waals surface area contributed by atoms with Gasteiger partial charge in [-0.25, -0.2) is 4.39 Å². The van der Waals surface area contributed by atoms with E-state index in [1.807, 2.05) is 91.8 Å². The Bertz CT molecular complexity index is 6120. The molecule has 15 nitrogen and oxygen atoms in total. The minimum absolute atomic E-state index is 0.105. The number of aryl methyl sites for hydroxylation is 4. The molecule has 126 heavy (non-hydrogen) atoms. The molecule has 18 heterocycles. The maximum atomic E-state index is 14.9. The summed E-state index contributed by atoms with van der Waals surface area (Å²) in [6.45, 7) is 10.4. The number of alkyl halides is 3. The zero-order valence-corrected chi connectivity index (χ0v) is 75.2. The van der Waals surface area contributed by atoms with Crippen molar-refractivity contribution in [3.8, 4) is 84.0 Å². The maximum Gasteiger partial charge on any atom is 0.573 e. The normalized spacial score (nSPS) is 16.3. The van der Waals surface area contributed by atoms with E-state index in [2.05, 4.69) is 126 Å². The van der Waals surface area contributed by atoms with E-state index in [0.29, 0.717) is 17.5 Å². The maximum absolute atomic E-state index is 14.9. The van der Waals surface area contributed by atoms with Crippen LogP contribution in [-0.2, 0) is 77.0 Å². The topological polar surface area (TPSA) is 124 Å². The van der Waals surface area contributed by atoms with Crippen molar-refractivity contribution in [2.75, 3.05) is 82.9 Å². The number of aromatic nitrogens is 6. The van der Waals surface area contributed by atoms with E-state index in [-0.39, 0.29) is 11.6 Å². The molecule has 25 heteroatoms. The lowest BCUT2D eigenvalue weighted by molar-refractivity contribution is -0.274. The van der Waals surface area contributed by atoms with E-state index in [9.17, 15) is 17.6 Å². The summed E-state index contributed by atoms with van der Waals surface area (Å²) in [6, 6.07) is 37.1. The number of ether oxygens (including phenoxy) is 3. The number of hydrogen-bond acceptors (Lipinski definition) is 15. The second-order valence-electron chi connectivity index (χ2n) is 33.3. The van der Waals surface area contributed by atoms with E-state index >= 15 is 0 Å². The number of hydrogen-bond donors (Lipinski definition) is 0. The molecule has 0 unspecified atom stereocenters. The summed E-state index contributed by atoms with van der Waals surface area (Å²) >= 11 is 32.9. The van der Waals surface area contributed by atoms with Crippen LogP contribution in [-0.4, -0.2) is 120 Å². The largest absolute Gasteiger partial charge is 0.573 e. The van der Waals surface area contributed by atoms with Crippen LogP contribution in [0.15, 0.2) is 184 Å². The number of anilines is 6. The molecule has 0 amide bonds. The third-order valence-corrected chi connectivity index (χ3v) is 28.8. The van der Waals surface area contributed by atoms with Gasteiger partial charge in [0, 0.05) is 219 Å². The Morgan fingerprint density at radius 3 is 1.01 bits per heavy atom. The first-order valence-corrected chi connectivity index (χ1v) is 45.5. The molecule has 0 saturated heterocycles. The lowest BCUT2D eigenvalue weighted by Crippen LogP contribution is -2.32. The van der Waals surface area contributed by atoms with Gasteiger partial charge in [0.05, 0.1) is 56.0 Å². The highest BCUT2D eigenvalue weighted by molar-refractivity contribution is 7.81. The first-order chi connectivity index (χ1) is 61.2. The second-order valence-corrected chi connectivity index (χ2v) is 36.2. The summed E-state index contributed by atoms with van der Waals surface area (Å²) in [5.74, 6) is 1.33. The predicted molar refractivity (Wildman–Crippen MR) is 519 cm³/mol. The molecule has 636 valence electrons. The monoisotopic (exact) mass is 1790 g/mol. The lowest BCUT2D eigenvalue weighted by Gasteiger charge is -2.30. The zero-order valence-electron chi connectivity index (χ0n) is 70.3. The molecule has 12 aliphatic rings. The fourth-order valence-corrected chi connectivity index (χ4v) is 22.1.